The van der Waals surface area contributed by atoms with E-state index in [4.69, 9.17) is 4.74 Å². The van der Waals surface area contributed by atoms with E-state index in [0.717, 1.165) is 16.5 Å². The SMILES string of the molecule is O=C(Cc1cccc2cccnc12)NCc1cccc(OCC(F)(F)F)c1. The monoisotopic (exact) mass is 374 g/mol. The molecule has 0 unspecified atom stereocenters. The zero-order valence-electron chi connectivity index (χ0n) is 14.3. The van der Waals surface area contributed by atoms with Crippen LogP contribution < -0.4 is 10.1 Å². The Hall–Kier alpha value is -3.09. The van der Waals surface area contributed by atoms with E-state index in [0.29, 0.717) is 5.56 Å². The molecular weight excluding hydrogens is 357 g/mol. The molecule has 140 valence electrons. The number of aromatic nitrogens is 1. The van der Waals surface area contributed by atoms with Gasteiger partial charge in [0, 0.05) is 18.1 Å². The van der Waals surface area contributed by atoms with Crippen LogP contribution in [0.1, 0.15) is 11.1 Å². The fraction of sp³-hybridized carbons (Fsp3) is 0.200. The van der Waals surface area contributed by atoms with Crippen LogP contribution in [0.25, 0.3) is 10.9 Å². The molecule has 0 atom stereocenters. The summed E-state index contributed by atoms with van der Waals surface area (Å²) in [5.74, 6) is -0.0907. The van der Waals surface area contributed by atoms with Crippen molar-refractivity contribution in [3.05, 3.63) is 71.9 Å². The third-order valence-corrected chi connectivity index (χ3v) is 3.86. The Labute approximate surface area is 154 Å². The molecule has 1 amide bonds. The number of carbonyl (C=O) groups is 1. The van der Waals surface area contributed by atoms with Gasteiger partial charge in [-0.3, -0.25) is 9.78 Å². The van der Waals surface area contributed by atoms with Crippen molar-refractivity contribution >= 4 is 16.8 Å². The van der Waals surface area contributed by atoms with Crippen LogP contribution in [-0.4, -0.2) is 23.7 Å². The van der Waals surface area contributed by atoms with Crippen LogP contribution in [0.2, 0.25) is 0 Å². The summed E-state index contributed by atoms with van der Waals surface area (Å²) in [7, 11) is 0. The first-order valence-corrected chi connectivity index (χ1v) is 8.28. The minimum absolute atomic E-state index is 0.109. The lowest BCUT2D eigenvalue weighted by Gasteiger charge is -2.11. The van der Waals surface area contributed by atoms with Crippen LogP contribution in [0.5, 0.6) is 5.75 Å². The highest BCUT2D eigenvalue weighted by atomic mass is 19.4. The number of fused-ring (bicyclic) bond motifs is 1. The first-order valence-electron chi connectivity index (χ1n) is 8.28. The number of nitrogens with zero attached hydrogens (tertiary/aromatic N) is 1. The number of hydrogen-bond donors (Lipinski definition) is 1. The van der Waals surface area contributed by atoms with Crippen LogP contribution in [0.3, 0.4) is 0 Å². The molecule has 1 N–H and O–H groups in total. The van der Waals surface area contributed by atoms with Gasteiger partial charge in [-0.15, -0.1) is 0 Å². The Balaban J connectivity index is 1.59. The topological polar surface area (TPSA) is 51.2 Å². The summed E-state index contributed by atoms with van der Waals surface area (Å²) in [5, 5.41) is 3.72. The lowest BCUT2D eigenvalue weighted by atomic mass is 10.1. The second-order valence-electron chi connectivity index (χ2n) is 6.00. The summed E-state index contributed by atoms with van der Waals surface area (Å²) >= 11 is 0. The van der Waals surface area contributed by atoms with E-state index in [1.165, 1.54) is 12.1 Å². The van der Waals surface area contributed by atoms with Crippen LogP contribution >= 0.6 is 0 Å². The van der Waals surface area contributed by atoms with Crippen LogP contribution in [0.15, 0.2) is 60.8 Å². The van der Waals surface area contributed by atoms with Gasteiger partial charge in [-0.2, -0.15) is 13.2 Å². The van der Waals surface area contributed by atoms with Crippen LogP contribution in [-0.2, 0) is 17.8 Å². The number of amides is 1. The summed E-state index contributed by atoms with van der Waals surface area (Å²) in [6.07, 6.45) is -2.55. The maximum atomic E-state index is 12.3. The van der Waals surface area contributed by atoms with Crippen molar-refractivity contribution in [3.63, 3.8) is 0 Å². The highest BCUT2D eigenvalue weighted by molar-refractivity contribution is 5.87. The lowest BCUT2D eigenvalue weighted by molar-refractivity contribution is -0.153. The van der Waals surface area contributed by atoms with E-state index in [2.05, 4.69) is 10.3 Å². The molecule has 0 spiro atoms. The smallest absolute Gasteiger partial charge is 0.422 e. The van der Waals surface area contributed by atoms with Gasteiger partial charge in [0.1, 0.15) is 5.75 Å². The summed E-state index contributed by atoms with van der Waals surface area (Å²) in [5.41, 5.74) is 2.24. The first kappa shape index (κ1) is 18.7. The van der Waals surface area contributed by atoms with Gasteiger partial charge in [0.2, 0.25) is 5.91 Å². The molecule has 0 saturated carbocycles. The predicted molar refractivity (Wildman–Crippen MR) is 95.3 cm³/mol. The maximum absolute atomic E-state index is 12.3. The number of rotatable bonds is 6. The predicted octanol–water partition coefficient (Wildman–Crippen LogP) is 4.03. The molecule has 4 nitrogen and oxygen atoms in total. The summed E-state index contributed by atoms with van der Waals surface area (Å²) in [4.78, 5) is 16.6. The quantitative estimate of drug-likeness (QED) is 0.709. The van der Waals surface area contributed by atoms with Gasteiger partial charge in [0.15, 0.2) is 6.61 Å². The second-order valence-corrected chi connectivity index (χ2v) is 6.00. The normalized spacial score (nSPS) is 11.4. The number of ether oxygens (including phenoxy) is 1. The Morgan fingerprint density at radius 1 is 1.07 bits per heavy atom. The number of benzene rings is 2. The van der Waals surface area contributed by atoms with E-state index in [9.17, 15) is 18.0 Å². The molecule has 0 radical (unpaired) electrons. The molecule has 3 aromatic rings. The van der Waals surface area contributed by atoms with Crippen molar-refractivity contribution < 1.29 is 22.7 Å². The molecule has 1 aromatic heterocycles. The van der Waals surface area contributed by atoms with E-state index in [1.54, 1.807) is 18.3 Å². The number of alkyl halides is 3. The molecule has 0 aliphatic carbocycles. The number of pyridine rings is 1. The molecule has 0 saturated heterocycles. The Morgan fingerprint density at radius 3 is 2.67 bits per heavy atom. The summed E-state index contributed by atoms with van der Waals surface area (Å²) in [6.45, 7) is -1.16. The molecule has 3 rings (SSSR count). The molecule has 1 heterocycles. The average Bonchev–Trinajstić information content (AvgIpc) is 2.65. The largest absolute Gasteiger partial charge is 0.484 e. The van der Waals surface area contributed by atoms with E-state index in [1.807, 2.05) is 30.3 Å². The summed E-state index contributed by atoms with van der Waals surface area (Å²) in [6, 6.07) is 15.6. The van der Waals surface area contributed by atoms with Gasteiger partial charge in [-0.25, -0.2) is 0 Å². The van der Waals surface area contributed by atoms with Crippen molar-refractivity contribution in [1.82, 2.24) is 10.3 Å². The lowest BCUT2D eigenvalue weighted by Crippen LogP contribution is -2.24. The highest BCUT2D eigenvalue weighted by Gasteiger charge is 2.28. The fourth-order valence-electron chi connectivity index (χ4n) is 2.66. The minimum Gasteiger partial charge on any atom is -0.484 e. The zero-order valence-corrected chi connectivity index (χ0v) is 14.3. The van der Waals surface area contributed by atoms with E-state index < -0.39 is 12.8 Å². The third-order valence-electron chi connectivity index (χ3n) is 3.86. The molecular formula is C20H17F3N2O2. The third kappa shape index (κ3) is 5.44. The number of carbonyl (C=O) groups excluding carboxylic acids is 1. The molecule has 27 heavy (non-hydrogen) atoms. The van der Waals surface area contributed by atoms with Crippen molar-refractivity contribution in [1.29, 1.82) is 0 Å². The van der Waals surface area contributed by atoms with Gasteiger partial charge in [0.25, 0.3) is 0 Å². The van der Waals surface area contributed by atoms with Crippen LogP contribution in [0.4, 0.5) is 13.2 Å². The second kappa shape index (κ2) is 8.07. The molecule has 0 aliphatic rings. The molecule has 0 bridgehead atoms. The van der Waals surface area contributed by atoms with E-state index >= 15 is 0 Å². The Morgan fingerprint density at radius 2 is 1.85 bits per heavy atom. The minimum atomic E-state index is -4.39. The van der Waals surface area contributed by atoms with Crippen molar-refractivity contribution in [2.24, 2.45) is 0 Å². The zero-order chi connectivity index (χ0) is 19.3. The van der Waals surface area contributed by atoms with Gasteiger partial charge < -0.3 is 10.1 Å². The van der Waals surface area contributed by atoms with Gasteiger partial charge in [-0.05, 0) is 29.3 Å². The molecule has 7 heteroatoms. The standard InChI is InChI=1S/C20H17F3N2O2/c21-20(22,23)13-27-17-8-1-4-14(10-17)12-25-18(26)11-16-6-2-5-15-7-3-9-24-19(15)16/h1-10H,11-13H2,(H,25,26). The number of nitrogens with one attached hydrogen (secondary N) is 1. The Bertz CT molecular complexity index is 936. The van der Waals surface area contributed by atoms with Crippen LogP contribution in [0, 0.1) is 0 Å². The van der Waals surface area contributed by atoms with Gasteiger partial charge in [-0.1, -0.05) is 36.4 Å². The molecule has 0 aliphatic heterocycles. The van der Waals surface area contributed by atoms with Gasteiger partial charge >= 0.3 is 6.18 Å². The number of hydrogen-bond acceptors (Lipinski definition) is 3. The van der Waals surface area contributed by atoms with Crippen molar-refractivity contribution in [2.45, 2.75) is 19.1 Å². The van der Waals surface area contributed by atoms with E-state index in [-0.39, 0.29) is 24.6 Å². The highest BCUT2D eigenvalue weighted by Crippen LogP contribution is 2.20. The van der Waals surface area contributed by atoms with Crippen molar-refractivity contribution in [3.8, 4) is 5.75 Å². The first-order chi connectivity index (χ1) is 12.9. The maximum Gasteiger partial charge on any atom is 0.422 e. The molecule has 0 fully saturated rings. The average molecular weight is 374 g/mol. The Kier molecular flexibility index (Phi) is 5.59. The van der Waals surface area contributed by atoms with Crippen molar-refractivity contribution in [2.75, 3.05) is 6.61 Å². The number of para-hydroxylation sites is 1. The number of halogens is 3. The van der Waals surface area contributed by atoms with Gasteiger partial charge in [0.05, 0.1) is 11.9 Å². The fourth-order valence-corrected chi connectivity index (χ4v) is 2.66. The summed E-state index contributed by atoms with van der Waals surface area (Å²) < 4.78 is 41.4. The molecule has 2 aromatic carbocycles.